The van der Waals surface area contributed by atoms with E-state index in [9.17, 15) is 9.59 Å². The zero-order valence-electron chi connectivity index (χ0n) is 11.2. The van der Waals surface area contributed by atoms with Crippen molar-refractivity contribution in [2.24, 2.45) is 5.41 Å². The molecule has 0 radical (unpaired) electrons. The van der Waals surface area contributed by atoms with Gasteiger partial charge in [-0.1, -0.05) is 12.8 Å². The Hall–Kier alpha value is -1.36. The number of rotatable bonds is 1. The first-order valence-corrected chi connectivity index (χ1v) is 7.71. The van der Waals surface area contributed by atoms with Gasteiger partial charge in [0.25, 0.3) is 0 Å². The lowest BCUT2D eigenvalue weighted by atomic mass is 9.76. The van der Waals surface area contributed by atoms with Crippen LogP contribution in [0.25, 0.3) is 0 Å². The molecule has 3 rings (SSSR count). The van der Waals surface area contributed by atoms with Crippen LogP contribution in [0.5, 0.6) is 0 Å². The lowest BCUT2D eigenvalue weighted by molar-refractivity contribution is -0.133. The van der Waals surface area contributed by atoms with Crippen molar-refractivity contribution in [3.8, 4) is 0 Å². The minimum Gasteiger partial charge on any atom is -0.398 e. The summed E-state index contributed by atoms with van der Waals surface area (Å²) in [6.07, 6.45) is 5.22. The summed E-state index contributed by atoms with van der Waals surface area (Å²) in [7, 11) is 0. The number of anilines is 2. The highest BCUT2D eigenvalue weighted by molar-refractivity contribution is 9.10. The van der Waals surface area contributed by atoms with Gasteiger partial charge in [-0.05, 0) is 52.4 Å². The van der Waals surface area contributed by atoms with E-state index in [-0.39, 0.29) is 17.2 Å². The van der Waals surface area contributed by atoms with E-state index in [1.807, 2.05) is 0 Å². The predicted octanol–water partition coefficient (Wildman–Crippen LogP) is 3.25. The summed E-state index contributed by atoms with van der Waals surface area (Å²) in [6, 6.07) is 5.20. The SMILES string of the molecule is Nc1cc(N2C(=O)CC3(CCCC3)CC2=O)ccc1Br. The van der Waals surface area contributed by atoms with Crippen LogP contribution in [-0.4, -0.2) is 11.8 Å². The topological polar surface area (TPSA) is 63.4 Å². The van der Waals surface area contributed by atoms with Crippen LogP contribution in [0, 0.1) is 5.41 Å². The maximum Gasteiger partial charge on any atom is 0.234 e. The standard InChI is InChI=1S/C15H17BrN2O2/c16-11-4-3-10(7-12(11)17)18-13(19)8-15(9-14(18)20)5-1-2-6-15/h3-4,7H,1-2,5-6,8-9,17H2. The zero-order chi connectivity index (χ0) is 14.3. The molecule has 1 aliphatic heterocycles. The number of benzene rings is 1. The van der Waals surface area contributed by atoms with E-state index in [4.69, 9.17) is 5.73 Å². The summed E-state index contributed by atoms with van der Waals surface area (Å²) < 4.78 is 0.769. The molecule has 2 fully saturated rings. The molecule has 1 saturated carbocycles. The molecule has 1 aromatic rings. The van der Waals surface area contributed by atoms with Gasteiger partial charge in [0, 0.05) is 23.0 Å². The lowest BCUT2D eigenvalue weighted by Gasteiger charge is -2.37. The van der Waals surface area contributed by atoms with E-state index in [1.165, 1.54) is 4.90 Å². The molecule has 1 saturated heterocycles. The van der Waals surface area contributed by atoms with Gasteiger partial charge < -0.3 is 5.73 Å². The van der Waals surface area contributed by atoms with Crippen molar-refractivity contribution in [3.63, 3.8) is 0 Å². The van der Waals surface area contributed by atoms with E-state index in [2.05, 4.69) is 15.9 Å². The normalized spacial score (nSPS) is 21.8. The minimum atomic E-state index is -0.0927. The molecule has 0 aromatic heterocycles. The number of amides is 2. The highest BCUT2D eigenvalue weighted by atomic mass is 79.9. The quantitative estimate of drug-likeness (QED) is 0.632. The van der Waals surface area contributed by atoms with Crippen molar-refractivity contribution in [1.29, 1.82) is 0 Å². The van der Waals surface area contributed by atoms with Gasteiger partial charge in [-0.15, -0.1) is 0 Å². The van der Waals surface area contributed by atoms with E-state index in [0.29, 0.717) is 24.2 Å². The van der Waals surface area contributed by atoms with Gasteiger partial charge in [0.05, 0.1) is 5.69 Å². The molecule has 1 spiro atoms. The van der Waals surface area contributed by atoms with Gasteiger partial charge in [-0.3, -0.25) is 14.5 Å². The van der Waals surface area contributed by atoms with Crippen LogP contribution < -0.4 is 10.6 Å². The second-order valence-electron chi connectivity index (χ2n) is 5.89. The largest absolute Gasteiger partial charge is 0.398 e. The third kappa shape index (κ3) is 2.24. The summed E-state index contributed by atoms with van der Waals surface area (Å²) in [5, 5.41) is 0. The average Bonchev–Trinajstić information content (AvgIpc) is 2.80. The smallest absolute Gasteiger partial charge is 0.234 e. The van der Waals surface area contributed by atoms with Gasteiger partial charge in [0.1, 0.15) is 0 Å². The molecule has 1 aliphatic carbocycles. The monoisotopic (exact) mass is 336 g/mol. The summed E-state index contributed by atoms with van der Waals surface area (Å²) in [4.78, 5) is 26.1. The molecule has 5 heteroatoms. The van der Waals surface area contributed by atoms with E-state index >= 15 is 0 Å². The third-order valence-corrected chi connectivity index (χ3v) is 5.18. The second-order valence-corrected chi connectivity index (χ2v) is 6.74. The van der Waals surface area contributed by atoms with Gasteiger partial charge in [-0.2, -0.15) is 0 Å². The van der Waals surface area contributed by atoms with Crippen LogP contribution in [-0.2, 0) is 9.59 Å². The highest BCUT2D eigenvalue weighted by Gasteiger charge is 2.45. The van der Waals surface area contributed by atoms with Crippen LogP contribution in [0.15, 0.2) is 22.7 Å². The number of nitrogens with two attached hydrogens (primary N) is 1. The van der Waals surface area contributed by atoms with Gasteiger partial charge in [0.2, 0.25) is 11.8 Å². The molecule has 0 unspecified atom stereocenters. The second kappa shape index (κ2) is 4.88. The van der Waals surface area contributed by atoms with E-state index in [1.54, 1.807) is 18.2 Å². The highest BCUT2D eigenvalue weighted by Crippen LogP contribution is 2.47. The molecule has 4 nitrogen and oxygen atoms in total. The van der Waals surface area contributed by atoms with Gasteiger partial charge in [0.15, 0.2) is 0 Å². The Morgan fingerprint density at radius 1 is 1.10 bits per heavy atom. The molecule has 0 bridgehead atoms. The van der Waals surface area contributed by atoms with Crippen LogP contribution in [0.3, 0.4) is 0 Å². The fourth-order valence-corrected chi connectivity index (χ4v) is 3.68. The summed E-state index contributed by atoms with van der Waals surface area (Å²) in [5.74, 6) is -0.185. The lowest BCUT2D eigenvalue weighted by Crippen LogP contribution is -2.47. The number of nitrogen functional groups attached to an aromatic ring is 1. The van der Waals surface area contributed by atoms with E-state index < -0.39 is 0 Å². The van der Waals surface area contributed by atoms with Crippen molar-refractivity contribution in [3.05, 3.63) is 22.7 Å². The van der Waals surface area contributed by atoms with Gasteiger partial charge >= 0.3 is 0 Å². The average molecular weight is 337 g/mol. The molecule has 1 heterocycles. The molecular weight excluding hydrogens is 320 g/mol. The summed E-state index contributed by atoms with van der Waals surface area (Å²) in [5.41, 5.74) is 6.88. The number of hydrogen-bond acceptors (Lipinski definition) is 3. The van der Waals surface area contributed by atoms with Crippen molar-refractivity contribution < 1.29 is 9.59 Å². The first kappa shape index (κ1) is 13.6. The maximum absolute atomic E-state index is 12.4. The van der Waals surface area contributed by atoms with Crippen molar-refractivity contribution in [1.82, 2.24) is 0 Å². The third-order valence-electron chi connectivity index (χ3n) is 4.45. The first-order valence-electron chi connectivity index (χ1n) is 6.92. The number of imide groups is 1. The number of carbonyl (C=O) groups excluding carboxylic acids is 2. The van der Waals surface area contributed by atoms with Crippen LogP contribution in [0.1, 0.15) is 38.5 Å². The Kier molecular flexibility index (Phi) is 3.32. The molecule has 2 aliphatic rings. The molecule has 0 atom stereocenters. The number of piperidine rings is 1. The summed E-state index contributed by atoms with van der Waals surface area (Å²) >= 11 is 3.32. The Bertz CT molecular complexity index is 559. The number of carbonyl (C=O) groups is 2. The minimum absolute atomic E-state index is 0.0639. The van der Waals surface area contributed by atoms with Crippen molar-refractivity contribution in [2.45, 2.75) is 38.5 Å². The zero-order valence-corrected chi connectivity index (χ0v) is 12.8. The number of nitrogens with zero attached hydrogens (tertiary/aromatic N) is 1. The molecule has 106 valence electrons. The molecule has 2 amide bonds. The number of halogens is 1. The molecule has 20 heavy (non-hydrogen) atoms. The fourth-order valence-electron chi connectivity index (χ4n) is 3.44. The molecule has 1 aromatic carbocycles. The molecule has 2 N–H and O–H groups in total. The Labute approximate surface area is 126 Å². The first-order chi connectivity index (χ1) is 9.51. The Morgan fingerprint density at radius 3 is 2.25 bits per heavy atom. The van der Waals surface area contributed by atoms with Crippen LogP contribution >= 0.6 is 15.9 Å². The van der Waals surface area contributed by atoms with Gasteiger partial charge in [-0.25, -0.2) is 0 Å². The van der Waals surface area contributed by atoms with Crippen molar-refractivity contribution in [2.75, 3.05) is 10.6 Å². The van der Waals surface area contributed by atoms with Crippen LogP contribution in [0.2, 0.25) is 0 Å². The Balaban J connectivity index is 1.89. The van der Waals surface area contributed by atoms with Crippen LogP contribution in [0.4, 0.5) is 11.4 Å². The molecular formula is C15H17BrN2O2. The number of hydrogen-bond donors (Lipinski definition) is 1. The summed E-state index contributed by atoms with van der Waals surface area (Å²) in [6.45, 7) is 0. The maximum atomic E-state index is 12.4. The van der Waals surface area contributed by atoms with Crippen molar-refractivity contribution >= 4 is 39.1 Å². The fraction of sp³-hybridized carbons (Fsp3) is 0.467. The van der Waals surface area contributed by atoms with E-state index in [0.717, 1.165) is 30.2 Å². The Morgan fingerprint density at radius 2 is 1.70 bits per heavy atom. The predicted molar refractivity (Wildman–Crippen MR) is 81.2 cm³/mol.